The van der Waals surface area contributed by atoms with Crippen molar-refractivity contribution in [3.8, 4) is 5.75 Å². The summed E-state index contributed by atoms with van der Waals surface area (Å²) in [6.07, 6.45) is 1.19. The maximum Gasteiger partial charge on any atom is 0.498 e. The van der Waals surface area contributed by atoms with Gasteiger partial charge in [0.15, 0.2) is 9.84 Å². The molecule has 0 spiro atoms. The molecule has 134 valence electrons. The predicted octanol–water partition coefficient (Wildman–Crippen LogP) is 2.42. The van der Waals surface area contributed by atoms with Gasteiger partial charge >= 0.3 is 7.12 Å². The van der Waals surface area contributed by atoms with Crippen LogP contribution in [0.1, 0.15) is 41.5 Å². The molecule has 0 saturated carbocycles. The van der Waals surface area contributed by atoms with Gasteiger partial charge in [-0.05, 0) is 51.8 Å². The van der Waals surface area contributed by atoms with E-state index < -0.39 is 28.2 Å². The predicted molar refractivity (Wildman–Crippen MR) is 95.6 cm³/mol. The monoisotopic (exact) mass is 354 g/mol. The van der Waals surface area contributed by atoms with Crippen LogP contribution < -0.4 is 10.2 Å². The Hall–Kier alpha value is -1.05. The second-order valence-corrected chi connectivity index (χ2v) is 9.78. The van der Waals surface area contributed by atoms with Gasteiger partial charge in [0.2, 0.25) is 0 Å². The zero-order chi connectivity index (χ0) is 18.3. The minimum Gasteiger partial charge on any atom is -0.494 e. The highest BCUT2D eigenvalue weighted by Crippen LogP contribution is 2.37. The van der Waals surface area contributed by atoms with Crippen LogP contribution in [0.25, 0.3) is 0 Å². The zero-order valence-corrected chi connectivity index (χ0v) is 16.4. The van der Waals surface area contributed by atoms with Gasteiger partial charge in [-0.25, -0.2) is 8.42 Å². The Morgan fingerprint density at radius 2 is 1.67 bits per heavy atom. The molecule has 0 bridgehead atoms. The van der Waals surface area contributed by atoms with Gasteiger partial charge in [0.25, 0.3) is 0 Å². The van der Waals surface area contributed by atoms with Crippen molar-refractivity contribution in [3.63, 3.8) is 0 Å². The summed E-state index contributed by atoms with van der Waals surface area (Å²) in [5.41, 5.74) is -0.403. The third-order valence-corrected chi connectivity index (χ3v) is 5.60. The topological polar surface area (TPSA) is 61.8 Å². The Kier molecular flexibility index (Phi) is 5.10. The first-order valence-electron chi connectivity index (χ1n) is 8.16. The summed E-state index contributed by atoms with van der Waals surface area (Å²) in [6, 6.07) is 4.83. The van der Waals surface area contributed by atoms with Gasteiger partial charge in [0, 0.05) is 11.7 Å². The molecule has 0 radical (unpaired) electrons. The van der Waals surface area contributed by atoms with E-state index in [2.05, 4.69) is 13.8 Å². The zero-order valence-electron chi connectivity index (χ0n) is 15.5. The molecule has 0 amide bonds. The van der Waals surface area contributed by atoms with Crippen molar-refractivity contribution < 1.29 is 22.5 Å². The molecule has 0 unspecified atom stereocenters. The summed E-state index contributed by atoms with van der Waals surface area (Å²) in [5.74, 6) is 0.945. The van der Waals surface area contributed by atoms with Crippen LogP contribution in [0.5, 0.6) is 5.75 Å². The van der Waals surface area contributed by atoms with Gasteiger partial charge < -0.3 is 14.0 Å². The molecule has 1 aliphatic rings. The molecule has 1 aliphatic heterocycles. The molecule has 1 aromatic carbocycles. The van der Waals surface area contributed by atoms with Crippen molar-refractivity contribution >= 4 is 22.4 Å². The molecule has 1 heterocycles. The number of sulfone groups is 1. The number of rotatable bonds is 5. The van der Waals surface area contributed by atoms with E-state index in [9.17, 15) is 8.42 Å². The van der Waals surface area contributed by atoms with E-state index in [1.54, 1.807) is 18.2 Å². The minimum absolute atomic E-state index is 0.226. The lowest BCUT2D eigenvalue weighted by Crippen LogP contribution is -2.41. The van der Waals surface area contributed by atoms with E-state index in [1.807, 2.05) is 27.7 Å². The van der Waals surface area contributed by atoms with E-state index >= 15 is 0 Å². The molecule has 24 heavy (non-hydrogen) atoms. The first-order valence-corrected chi connectivity index (χ1v) is 10.0. The Morgan fingerprint density at radius 3 is 2.12 bits per heavy atom. The van der Waals surface area contributed by atoms with E-state index in [4.69, 9.17) is 14.0 Å². The molecule has 7 heteroatoms. The van der Waals surface area contributed by atoms with E-state index in [0.29, 0.717) is 23.7 Å². The number of hydrogen-bond acceptors (Lipinski definition) is 5. The third-order valence-electron chi connectivity index (χ3n) is 4.49. The van der Waals surface area contributed by atoms with E-state index in [0.717, 1.165) is 0 Å². The summed E-state index contributed by atoms with van der Waals surface area (Å²) in [6.45, 7) is 12.5. The number of ether oxygens (including phenoxy) is 1. The third kappa shape index (κ3) is 3.95. The van der Waals surface area contributed by atoms with Crippen LogP contribution in [0.4, 0.5) is 0 Å². The highest BCUT2D eigenvalue weighted by molar-refractivity contribution is 7.90. The minimum atomic E-state index is -3.33. The van der Waals surface area contributed by atoms with Crippen molar-refractivity contribution in [1.29, 1.82) is 0 Å². The molecule has 2 rings (SSSR count). The quantitative estimate of drug-likeness (QED) is 0.760. The molecule has 0 atom stereocenters. The maximum absolute atomic E-state index is 11.9. The lowest BCUT2D eigenvalue weighted by atomic mass is 9.78. The Labute approximate surface area is 145 Å². The average molecular weight is 354 g/mol. The van der Waals surface area contributed by atoms with E-state index in [1.165, 1.54) is 6.26 Å². The summed E-state index contributed by atoms with van der Waals surface area (Å²) < 4.78 is 41.8. The smallest absolute Gasteiger partial charge is 0.494 e. The SMILES string of the molecule is CC(C)COc1ccc(S(C)(=O)=O)cc1B1OC(C)(C)C(C)(C)O1. The lowest BCUT2D eigenvalue weighted by molar-refractivity contribution is 0.00578. The molecular formula is C17H27BO5S. The van der Waals surface area contributed by atoms with Crippen molar-refractivity contribution in [2.45, 2.75) is 57.6 Å². The fraction of sp³-hybridized carbons (Fsp3) is 0.647. The van der Waals surface area contributed by atoms with Gasteiger partial charge in [-0.1, -0.05) is 13.8 Å². The largest absolute Gasteiger partial charge is 0.498 e. The van der Waals surface area contributed by atoms with Gasteiger partial charge in [-0.15, -0.1) is 0 Å². The molecule has 0 aromatic heterocycles. The van der Waals surface area contributed by atoms with Crippen molar-refractivity contribution in [1.82, 2.24) is 0 Å². The van der Waals surface area contributed by atoms with Crippen molar-refractivity contribution in [2.75, 3.05) is 12.9 Å². The molecular weight excluding hydrogens is 327 g/mol. The molecule has 1 saturated heterocycles. The normalized spacial score (nSPS) is 19.8. The fourth-order valence-electron chi connectivity index (χ4n) is 2.30. The van der Waals surface area contributed by atoms with Gasteiger partial charge in [-0.2, -0.15) is 0 Å². The first kappa shape index (κ1) is 19.3. The van der Waals surface area contributed by atoms with Crippen LogP contribution in [-0.2, 0) is 19.1 Å². The van der Waals surface area contributed by atoms with Crippen molar-refractivity contribution in [2.24, 2.45) is 5.92 Å². The first-order chi connectivity index (χ1) is 10.8. The Morgan fingerprint density at radius 1 is 1.12 bits per heavy atom. The summed E-state index contributed by atoms with van der Waals surface area (Å²) in [7, 11) is -3.99. The maximum atomic E-state index is 11.9. The molecule has 0 aliphatic carbocycles. The number of benzene rings is 1. The van der Waals surface area contributed by atoms with Crippen molar-refractivity contribution in [3.05, 3.63) is 18.2 Å². The van der Waals surface area contributed by atoms with E-state index in [-0.39, 0.29) is 4.90 Å². The van der Waals surface area contributed by atoms with Crippen LogP contribution in [0.2, 0.25) is 0 Å². The highest BCUT2D eigenvalue weighted by atomic mass is 32.2. The number of hydrogen-bond donors (Lipinski definition) is 0. The summed E-state index contributed by atoms with van der Waals surface area (Å²) in [4.78, 5) is 0.226. The standard InChI is InChI=1S/C17H27BO5S/c1-12(2)11-21-15-9-8-13(24(7,19)20)10-14(15)18-22-16(3,4)17(5,6)23-18/h8-10,12H,11H2,1-7H3. The molecule has 1 fully saturated rings. The molecule has 1 aromatic rings. The van der Waals surface area contributed by atoms with Crippen LogP contribution in [-0.4, -0.2) is 39.6 Å². The van der Waals surface area contributed by atoms with Gasteiger partial charge in [0.05, 0.1) is 22.7 Å². The lowest BCUT2D eigenvalue weighted by Gasteiger charge is -2.32. The second kappa shape index (κ2) is 6.35. The van der Waals surface area contributed by atoms with Gasteiger partial charge in [0.1, 0.15) is 5.75 Å². The van der Waals surface area contributed by atoms with Crippen LogP contribution in [0.3, 0.4) is 0 Å². The second-order valence-electron chi connectivity index (χ2n) is 7.76. The Balaban J connectivity index is 2.45. The molecule has 0 N–H and O–H groups in total. The fourth-order valence-corrected chi connectivity index (χ4v) is 2.96. The average Bonchev–Trinajstić information content (AvgIpc) is 2.63. The molecule has 5 nitrogen and oxygen atoms in total. The van der Waals surface area contributed by atoms with Gasteiger partial charge in [-0.3, -0.25) is 0 Å². The van der Waals surface area contributed by atoms with Crippen LogP contribution in [0, 0.1) is 5.92 Å². The van der Waals surface area contributed by atoms with Crippen LogP contribution >= 0.6 is 0 Å². The highest BCUT2D eigenvalue weighted by Gasteiger charge is 2.52. The Bertz CT molecular complexity index is 694. The summed E-state index contributed by atoms with van der Waals surface area (Å²) in [5, 5.41) is 0. The summed E-state index contributed by atoms with van der Waals surface area (Å²) >= 11 is 0. The van der Waals surface area contributed by atoms with Crippen LogP contribution in [0.15, 0.2) is 23.1 Å².